The van der Waals surface area contributed by atoms with Crippen LogP contribution in [0.2, 0.25) is 0 Å². The minimum absolute atomic E-state index is 0.202. The van der Waals surface area contributed by atoms with Crippen molar-refractivity contribution in [2.75, 3.05) is 14.2 Å². The van der Waals surface area contributed by atoms with Crippen LogP contribution >= 0.6 is 15.9 Å². The fraction of sp³-hybridized carbons (Fsp3) is 0.312. The van der Waals surface area contributed by atoms with Gasteiger partial charge in [0.05, 0.1) is 12.7 Å². The number of pyridine rings is 1. The van der Waals surface area contributed by atoms with Crippen LogP contribution in [0, 0.1) is 0 Å². The van der Waals surface area contributed by atoms with Gasteiger partial charge in [-0.15, -0.1) is 0 Å². The Labute approximate surface area is 133 Å². The van der Waals surface area contributed by atoms with E-state index in [2.05, 4.69) is 39.2 Å². The third-order valence-electron chi connectivity index (χ3n) is 3.30. The monoisotopic (exact) mass is 350 g/mol. The van der Waals surface area contributed by atoms with Crippen molar-refractivity contribution in [3.8, 4) is 11.6 Å². The number of halogens is 1. The van der Waals surface area contributed by atoms with Crippen molar-refractivity contribution in [2.45, 2.75) is 19.6 Å². The molecule has 112 valence electrons. The van der Waals surface area contributed by atoms with Crippen molar-refractivity contribution in [1.29, 1.82) is 0 Å². The van der Waals surface area contributed by atoms with Crippen molar-refractivity contribution in [1.82, 2.24) is 10.3 Å². The highest BCUT2D eigenvalue weighted by atomic mass is 79.9. The summed E-state index contributed by atoms with van der Waals surface area (Å²) in [6.07, 6.45) is 1.70. The van der Waals surface area contributed by atoms with Gasteiger partial charge >= 0.3 is 0 Å². The highest BCUT2D eigenvalue weighted by Gasteiger charge is 2.12. The Balaban J connectivity index is 2.20. The molecule has 0 fully saturated rings. The van der Waals surface area contributed by atoms with Gasteiger partial charge in [-0.05, 0) is 44.3 Å². The maximum atomic E-state index is 5.96. The van der Waals surface area contributed by atoms with Gasteiger partial charge in [0.25, 0.3) is 0 Å². The quantitative estimate of drug-likeness (QED) is 0.862. The van der Waals surface area contributed by atoms with Crippen LogP contribution in [0.4, 0.5) is 0 Å². The fourth-order valence-corrected chi connectivity index (χ4v) is 2.40. The van der Waals surface area contributed by atoms with Gasteiger partial charge in [-0.3, -0.25) is 0 Å². The molecule has 0 aliphatic rings. The van der Waals surface area contributed by atoms with E-state index in [4.69, 9.17) is 9.47 Å². The summed E-state index contributed by atoms with van der Waals surface area (Å²) in [5, 5.41) is 3.23. The molecular formula is C16H19BrN2O2. The molecule has 2 rings (SSSR count). The maximum Gasteiger partial charge on any atom is 0.219 e. The summed E-state index contributed by atoms with van der Waals surface area (Å²) in [4.78, 5) is 4.18. The molecule has 0 saturated carbocycles. The highest BCUT2D eigenvalue weighted by Crippen LogP contribution is 2.29. The van der Waals surface area contributed by atoms with E-state index in [0.717, 1.165) is 21.3 Å². The summed E-state index contributed by atoms with van der Waals surface area (Å²) < 4.78 is 12.2. The predicted octanol–water partition coefficient (Wildman–Crippen LogP) is 3.71. The molecule has 1 atom stereocenters. The SMILES string of the molecule is CNC(C)c1cc(Br)ccc1OCc1cccnc1OC. The normalized spacial score (nSPS) is 12.0. The number of nitrogens with zero attached hydrogens (tertiary/aromatic N) is 1. The third-order valence-corrected chi connectivity index (χ3v) is 3.79. The van der Waals surface area contributed by atoms with Crippen molar-refractivity contribution in [2.24, 2.45) is 0 Å². The molecular weight excluding hydrogens is 332 g/mol. The second-order valence-electron chi connectivity index (χ2n) is 4.65. The summed E-state index contributed by atoms with van der Waals surface area (Å²) >= 11 is 3.50. The summed E-state index contributed by atoms with van der Waals surface area (Å²) in [6.45, 7) is 2.52. The Morgan fingerprint density at radius 3 is 2.86 bits per heavy atom. The van der Waals surface area contributed by atoms with E-state index in [9.17, 15) is 0 Å². The van der Waals surface area contributed by atoms with Crippen LogP contribution in [0.25, 0.3) is 0 Å². The Morgan fingerprint density at radius 2 is 2.14 bits per heavy atom. The van der Waals surface area contributed by atoms with E-state index in [1.165, 1.54) is 0 Å². The second kappa shape index (κ2) is 7.43. The van der Waals surface area contributed by atoms with Gasteiger partial charge in [-0.25, -0.2) is 4.98 Å². The number of hydrogen-bond acceptors (Lipinski definition) is 4. The summed E-state index contributed by atoms with van der Waals surface area (Å²) in [5.41, 5.74) is 2.03. The van der Waals surface area contributed by atoms with Crippen LogP contribution in [0.3, 0.4) is 0 Å². The minimum Gasteiger partial charge on any atom is -0.488 e. The molecule has 1 heterocycles. The van der Waals surface area contributed by atoms with Crippen LogP contribution in [0.15, 0.2) is 41.0 Å². The van der Waals surface area contributed by atoms with Gasteiger partial charge in [-0.1, -0.05) is 15.9 Å². The average molecular weight is 351 g/mol. The van der Waals surface area contributed by atoms with E-state index in [1.54, 1.807) is 13.3 Å². The van der Waals surface area contributed by atoms with Crippen molar-refractivity contribution in [3.05, 3.63) is 52.1 Å². The van der Waals surface area contributed by atoms with Crippen molar-refractivity contribution >= 4 is 15.9 Å². The lowest BCUT2D eigenvalue weighted by molar-refractivity contribution is 0.289. The molecule has 0 bridgehead atoms. The molecule has 1 aromatic carbocycles. The van der Waals surface area contributed by atoms with Gasteiger partial charge in [0.1, 0.15) is 12.4 Å². The smallest absolute Gasteiger partial charge is 0.219 e. The number of ether oxygens (including phenoxy) is 2. The lowest BCUT2D eigenvalue weighted by Gasteiger charge is -2.17. The zero-order valence-corrected chi connectivity index (χ0v) is 14.0. The van der Waals surface area contributed by atoms with E-state index >= 15 is 0 Å². The summed E-state index contributed by atoms with van der Waals surface area (Å²) in [7, 11) is 3.54. The number of hydrogen-bond donors (Lipinski definition) is 1. The molecule has 0 aliphatic carbocycles. The molecule has 4 nitrogen and oxygen atoms in total. The van der Waals surface area contributed by atoms with Crippen LogP contribution in [-0.2, 0) is 6.61 Å². The van der Waals surface area contributed by atoms with Gasteiger partial charge in [0, 0.05) is 22.3 Å². The lowest BCUT2D eigenvalue weighted by atomic mass is 10.1. The molecule has 21 heavy (non-hydrogen) atoms. The first-order valence-electron chi connectivity index (χ1n) is 6.73. The highest BCUT2D eigenvalue weighted by molar-refractivity contribution is 9.10. The van der Waals surface area contributed by atoms with Gasteiger partial charge in [0.2, 0.25) is 5.88 Å². The molecule has 1 unspecified atom stereocenters. The topological polar surface area (TPSA) is 43.4 Å². The number of aromatic nitrogens is 1. The Hall–Kier alpha value is -1.59. The van der Waals surface area contributed by atoms with E-state index in [-0.39, 0.29) is 6.04 Å². The van der Waals surface area contributed by atoms with E-state index in [0.29, 0.717) is 12.5 Å². The minimum atomic E-state index is 0.202. The first-order valence-corrected chi connectivity index (χ1v) is 7.52. The third kappa shape index (κ3) is 3.95. The average Bonchev–Trinajstić information content (AvgIpc) is 2.53. The molecule has 1 N–H and O–H groups in total. The standard InChI is InChI=1S/C16H19BrN2O2/c1-11(18-2)14-9-13(17)6-7-15(14)21-10-12-5-4-8-19-16(12)20-3/h4-9,11,18H,10H2,1-3H3. The van der Waals surface area contributed by atoms with Crippen LogP contribution in [0.5, 0.6) is 11.6 Å². The number of rotatable bonds is 6. The molecule has 0 spiro atoms. The largest absolute Gasteiger partial charge is 0.488 e. The summed E-state index contributed by atoms with van der Waals surface area (Å²) in [5.74, 6) is 1.45. The van der Waals surface area contributed by atoms with Gasteiger partial charge in [0.15, 0.2) is 0 Å². The Morgan fingerprint density at radius 1 is 1.33 bits per heavy atom. The molecule has 0 saturated heterocycles. The first kappa shape index (κ1) is 15.8. The molecule has 1 aromatic heterocycles. The number of benzene rings is 1. The maximum absolute atomic E-state index is 5.96. The van der Waals surface area contributed by atoms with Crippen LogP contribution in [0.1, 0.15) is 24.1 Å². The fourth-order valence-electron chi connectivity index (χ4n) is 2.02. The molecule has 0 radical (unpaired) electrons. The Kier molecular flexibility index (Phi) is 5.59. The summed E-state index contributed by atoms with van der Waals surface area (Å²) in [6, 6.07) is 10.0. The molecule has 2 aromatic rings. The lowest BCUT2D eigenvalue weighted by Crippen LogP contribution is -2.14. The molecule has 0 amide bonds. The zero-order chi connectivity index (χ0) is 15.2. The predicted molar refractivity (Wildman–Crippen MR) is 86.7 cm³/mol. The number of methoxy groups -OCH3 is 1. The molecule has 0 aliphatic heterocycles. The van der Waals surface area contributed by atoms with Gasteiger partial charge < -0.3 is 14.8 Å². The number of nitrogens with one attached hydrogen (secondary N) is 1. The van der Waals surface area contributed by atoms with E-state index < -0.39 is 0 Å². The first-order chi connectivity index (χ1) is 10.2. The second-order valence-corrected chi connectivity index (χ2v) is 5.57. The molecule has 5 heteroatoms. The van der Waals surface area contributed by atoms with Crippen molar-refractivity contribution in [3.63, 3.8) is 0 Å². The van der Waals surface area contributed by atoms with Gasteiger partial charge in [-0.2, -0.15) is 0 Å². The van der Waals surface area contributed by atoms with Crippen LogP contribution < -0.4 is 14.8 Å². The van der Waals surface area contributed by atoms with E-state index in [1.807, 2.05) is 31.3 Å². The van der Waals surface area contributed by atoms with Crippen molar-refractivity contribution < 1.29 is 9.47 Å². The Bertz CT molecular complexity index is 605. The van der Waals surface area contributed by atoms with Crippen LogP contribution in [-0.4, -0.2) is 19.1 Å². The zero-order valence-electron chi connectivity index (χ0n) is 12.4.